The molecule has 0 atom stereocenters. The zero-order chi connectivity index (χ0) is 21.9. The molecule has 1 aliphatic heterocycles. The first-order valence-corrected chi connectivity index (χ1v) is 10.1. The van der Waals surface area contributed by atoms with Crippen LogP contribution in [0.3, 0.4) is 0 Å². The number of anilines is 3. The monoisotopic (exact) mass is 413 g/mol. The van der Waals surface area contributed by atoms with Crippen LogP contribution >= 0.6 is 0 Å². The molecule has 0 radical (unpaired) electrons. The Morgan fingerprint density at radius 1 is 1.20 bits per heavy atom. The van der Waals surface area contributed by atoms with Crippen LogP contribution in [0.2, 0.25) is 0 Å². The van der Waals surface area contributed by atoms with E-state index in [1.807, 2.05) is 13.8 Å². The second kappa shape index (κ2) is 8.73. The van der Waals surface area contributed by atoms with Gasteiger partial charge in [0, 0.05) is 12.2 Å². The molecule has 0 saturated carbocycles. The van der Waals surface area contributed by atoms with E-state index in [-0.39, 0.29) is 18.2 Å². The molecule has 0 unspecified atom stereocenters. The summed E-state index contributed by atoms with van der Waals surface area (Å²) in [5, 5.41) is 5.19. The Bertz CT molecular complexity index is 943. The van der Waals surface area contributed by atoms with Crippen LogP contribution in [0.15, 0.2) is 42.5 Å². The van der Waals surface area contributed by atoms with Crippen molar-refractivity contribution in [3.63, 3.8) is 0 Å². The average Bonchev–Trinajstić information content (AvgIpc) is 2.77. The maximum Gasteiger partial charge on any atom is 0.323 e. The molecular weight excluding hydrogens is 385 g/mol. The van der Waals surface area contributed by atoms with Gasteiger partial charge in [0.05, 0.1) is 16.8 Å². The number of hydrogen-bond donors (Lipinski definition) is 2. The van der Waals surface area contributed by atoms with Crippen LogP contribution in [0.4, 0.5) is 26.2 Å². The van der Waals surface area contributed by atoms with Crippen molar-refractivity contribution < 1.29 is 18.7 Å². The first-order valence-electron chi connectivity index (χ1n) is 10.1. The first kappa shape index (κ1) is 21.6. The Hall–Kier alpha value is -3.09. The van der Waals surface area contributed by atoms with Gasteiger partial charge in [-0.15, -0.1) is 0 Å². The lowest BCUT2D eigenvalue weighted by Crippen LogP contribution is -2.42. The highest BCUT2D eigenvalue weighted by atomic mass is 19.1. The van der Waals surface area contributed by atoms with Crippen LogP contribution in [-0.4, -0.2) is 25.1 Å². The number of nitrogens with zero attached hydrogens (tertiary/aromatic N) is 1. The van der Waals surface area contributed by atoms with Gasteiger partial charge in [0.1, 0.15) is 18.2 Å². The van der Waals surface area contributed by atoms with Gasteiger partial charge in [0.15, 0.2) is 0 Å². The highest BCUT2D eigenvalue weighted by Gasteiger charge is 2.37. The van der Waals surface area contributed by atoms with Gasteiger partial charge in [-0.05, 0) is 56.5 Å². The first-order chi connectivity index (χ1) is 14.2. The maximum absolute atomic E-state index is 13.8. The highest BCUT2D eigenvalue weighted by Crippen LogP contribution is 2.38. The number of ether oxygens (including phenoxy) is 1. The average molecular weight is 413 g/mol. The van der Waals surface area contributed by atoms with E-state index in [1.165, 1.54) is 12.1 Å². The smallest absolute Gasteiger partial charge is 0.323 e. The van der Waals surface area contributed by atoms with Gasteiger partial charge in [-0.1, -0.05) is 26.0 Å². The second-order valence-corrected chi connectivity index (χ2v) is 8.55. The Labute approximate surface area is 176 Å². The number of urea groups is 1. The third-order valence-corrected chi connectivity index (χ3v) is 4.97. The van der Waals surface area contributed by atoms with E-state index in [1.54, 1.807) is 35.2 Å². The quantitative estimate of drug-likeness (QED) is 0.702. The van der Waals surface area contributed by atoms with Crippen molar-refractivity contribution >= 4 is 29.0 Å². The molecule has 0 aromatic heterocycles. The lowest BCUT2D eigenvalue weighted by Gasteiger charge is -2.28. The molecule has 3 rings (SSSR count). The minimum Gasteiger partial charge on any atom is -0.490 e. The number of amides is 3. The van der Waals surface area contributed by atoms with E-state index in [4.69, 9.17) is 4.74 Å². The van der Waals surface area contributed by atoms with Gasteiger partial charge in [-0.3, -0.25) is 4.79 Å². The summed E-state index contributed by atoms with van der Waals surface area (Å²) in [5.41, 5.74) is 0.526. The van der Waals surface area contributed by atoms with E-state index >= 15 is 0 Å². The van der Waals surface area contributed by atoms with Crippen molar-refractivity contribution in [3.05, 3.63) is 48.3 Å². The lowest BCUT2D eigenvalue weighted by molar-refractivity contribution is -0.127. The third-order valence-electron chi connectivity index (χ3n) is 4.97. The van der Waals surface area contributed by atoms with Gasteiger partial charge in [0.2, 0.25) is 5.91 Å². The number of rotatable bonds is 5. The molecule has 2 aromatic rings. The van der Waals surface area contributed by atoms with Crippen LogP contribution in [-0.2, 0) is 4.79 Å². The minimum atomic E-state index is -0.661. The predicted molar refractivity (Wildman–Crippen MR) is 117 cm³/mol. The second-order valence-electron chi connectivity index (χ2n) is 8.55. The number of nitrogens with one attached hydrogen (secondary N) is 2. The maximum atomic E-state index is 13.8. The molecular formula is C23H28FN3O3. The van der Waals surface area contributed by atoms with E-state index < -0.39 is 17.3 Å². The predicted octanol–water partition coefficient (Wildman–Crippen LogP) is 5.27. The summed E-state index contributed by atoms with van der Waals surface area (Å²) in [6.45, 7) is 8.78. The van der Waals surface area contributed by atoms with Gasteiger partial charge >= 0.3 is 6.03 Å². The molecule has 0 bridgehead atoms. The fourth-order valence-electron chi connectivity index (χ4n) is 3.18. The SMILES string of the molecule is CC(C)CCN1C(=O)C(C)(C)COc2ccc(NC(=O)Nc3ccccc3F)cc21. The standard InChI is InChI=1S/C23H28FN3O3/c1-15(2)11-12-27-19-13-16(9-10-20(19)30-14-23(3,4)21(27)28)25-22(29)26-18-8-6-5-7-17(18)24/h5-10,13,15H,11-12,14H2,1-4H3,(H2,25,26,29). The molecule has 2 N–H and O–H groups in total. The summed E-state index contributed by atoms with van der Waals surface area (Å²) in [7, 11) is 0. The van der Waals surface area contributed by atoms with Crippen molar-refractivity contribution in [3.8, 4) is 5.75 Å². The van der Waals surface area contributed by atoms with Crippen LogP contribution in [0.1, 0.15) is 34.1 Å². The van der Waals surface area contributed by atoms with Crippen molar-refractivity contribution in [2.75, 3.05) is 28.7 Å². The Morgan fingerprint density at radius 2 is 1.93 bits per heavy atom. The zero-order valence-electron chi connectivity index (χ0n) is 17.8. The van der Waals surface area contributed by atoms with Gasteiger partial charge in [0.25, 0.3) is 0 Å². The summed E-state index contributed by atoms with van der Waals surface area (Å²) in [4.78, 5) is 27.2. The molecule has 30 heavy (non-hydrogen) atoms. The fraction of sp³-hybridized carbons (Fsp3) is 0.391. The highest BCUT2D eigenvalue weighted by molar-refractivity contribution is 6.02. The molecule has 160 valence electrons. The number of halogens is 1. The lowest BCUT2D eigenvalue weighted by atomic mass is 9.92. The fourth-order valence-corrected chi connectivity index (χ4v) is 3.18. The topological polar surface area (TPSA) is 70.7 Å². The Balaban J connectivity index is 1.84. The van der Waals surface area contributed by atoms with E-state index in [9.17, 15) is 14.0 Å². The van der Waals surface area contributed by atoms with Crippen molar-refractivity contribution in [1.29, 1.82) is 0 Å². The van der Waals surface area contributed by atoms with Crippen LogP contribution in [0, 0.1) is 17.2 Å². The largest absolute Gasteiger partial charge is 0.490 e. The molecule has 1 aliphatic rings. The van der Waals surface area contributed by atoms with Gasteiger partial charge in [-0.2, -0.15) is 0 Å². The molecule has 2 aromatic carbocycles. The zero-order valence-corrected chi connectivity index (χ0v) is 17.8. The third kappa shape index (κ3) is 4.90. The summed E-state index contributed by atoms with van der Waals surface area (Å²) >= 11 is 0. The number of benzene rings is 2. The summed E-state index contributed by atoms with van der Waals surface area (Å²) in [5.74, 6) is 0.490. The molecule has 0 saturated heterocycles. The van der Waals surface area contributed by atoms with Crippen molar-refractivity contribution in [2.24, 2.45) is 11.3 Å². The van der Waals surface area contributed by atoms with Gasteiger partial charge < -0.3 is 20.3 Å². The van der Waals surface area contributed by atoms with Crippen molar-refractivity contribution in [1.82, 2.24) is 0 Å². The van der Waals surface area contributed by atoms with Crippen LogP contribution in [0.5, 0.6) is 5.75 Å². The molecule has 6 nitrogen and oxygen atoms in total. The van der Waals surface area contributed by atoms with E-state index in [0.29, 0.717) is 29.6 Å². The van der Waals surface area contributed by atoms with Gasteiger partial charge in [-0.25, -0.2) is 9.18 Å². The Kier molecular flexibility index (Phi) is 6.29. The number of carbonyl (C=O) groups excluding carboxylic acids is 2. The van der Waals surface area contributed by atoms with E-state index in [0.717, 1.165) is 6.42 Å². The summed E-state index contributed by atoms with van der Waals surface area (Å²) < 4.78 is 19.7. The molecule has 0 spiro atoms. The number of hydrogen-bond acceptors (Lipinski definition) is 3. The van der Waals surface area contributed by atoms with Crippen LogP contribution < -0.4 is 20.3 Å². The van der Waals surface area contributed by atoms with Crippen molar-refractivity contribution in [2.45, 2.75) is 34.1 Å². The van der Waals surface area contributed by atoms with Crippen LogP contribution in [0.25, 0.3) is 0 Å². The molecule has 3 amide bonds. The molecule has 7 heteroatoms. The van der Waals surface area contributed by atoms with E-state index in [2.05, 4.69) is 24.5 Å². The molecule has 0 aliphatic carbocycles. The number of fused-ring (bicyclic) bond motifs is 1. The normalized spacial score (nSPS) is 15.3. The molecule has 1 heterocycles. The summed E-state index contributed by atoms with van der Waals surface area (Å²) in [6.07, 6.45) is 0.840. The summed E-state index contributed by atoms with van der Waals surface area (Å²) in [6, 6.07) is 10.5. The molecule has 0 fully saturated rings. The number of para-hydroxylation sites is 1. The minimum absolute atomic E-state index is 0.0186. The Morgan fingerprint density at radius 3 is 2.63 bits per heavy atom. The number of carbonyl (C=O) groups is 2.